The van der Waals surface area contributed by atoms with Gasteiger partial charge in [-0.2, -0.15) is 0 Å². The molecule has 1 N–H and O–H groups in total. The summed E-state index contributed by atoms with van der Waals surface area (Å²) in [6, 6.07) is 3.40. The second kappa shape index (κ2) is 6.97. The van der Waals surface area contributed by atoms with Crippen LogP contribution in [0.15, 0.2) is 29.3 Å². The number of carbonyl (C=O) groups excluding carboxylic acids is 1. The van der Waals surface area contributed by atoms with Crippen LogP contribution in [0.5, 0.6) is 0 Å². The van der Waals surface area contributed by atoms with Gasteiger partial charge >= 0.3 is 5.97 Å². The first-order valence-electron chi connectivity index (χ1n) is 6.41. The molecule has 6 heteroatoms. The van der Waals surface area contributed by atoms with Crippen LogP contribution in [0.4, 0.5) is 8.78 Å². The predicted octanol–water partition coefficient (Wildman–Crippen LogP) is 2.73. The topological polar surface area (TPSA) is 57.6 Å². The maximum absolute atomic E-state index is 13.2. The molecule has 0 saturated heterocycles. The fraction of sp³-hybridized carbons (Fsp3) is 0.333. The number of benzene rings is 1. The number of carbonyl (C=O) groups is 2. The molecule has 0 unspecified atom stereocenters. The Labute approximate surface area is 121 Å². The van der Waals surface area contributed by atoms with Crippen molar-refractivity contribution >= 4 is 11.9 Å². The molecule has 0 spiro atoms. The lowest BCUT2D eigenvalue weighted by Gasteiger charge is -2.22. The SMILES string of the molecule is CCN(Cc1ccc(F)c(F)c1)C(=O)C(C)=C(C)C(=O)O. The van der Waals surface area contributed by atoms with E-state index in [-0.39, 0.29) is 17.7 Å². The molecule has 0 aromatic heterocycles. The quantitative estimate of drug-likeness (QED) is 0.850. The van der Waals surface area contributed by atoms with Crippen molar-refractivity contribution in [3.05, 3.63) is 46.5 Å². The third-order valence-electron chi connectivity index (χ3n) is 3.23. The Balaban J connectivity index is 2.98. The van der Waals surface area contributed by atoms with Gasteiger partial charge in [0.2, 0.25) is 5.91 Å². The van der Waals surface area contributed by atoms with Crippen LogP contribution in [-0.4, -0.2) is 28.4 Å². The van der Waals surface area contributed by atoms with E-state index >= 15 is 0 Å². The van der Waals surface area contributed by atoms with Gasteiger partial charge in [-0.05, 0) is 38.5 Å². The molecular formula is C15H17F2NO3. The van der Waals surface area contributed by atoms with Gasteiger partial charge in [-0.3, -0.25) is 4.79 Å². The van der Waals surface area contributed by atoms with Crippen LogP contribution in [0.3, 0.4) is 0 Å². The number of likely N-dealkylation sites (N-methyl/N-ethyl adjacent to an activating group) is 1. The lowest BCUT2D eigenvalue weighted by atomic mass is 10.1. The summed E-state index contributed by atoms with van der Waals surface area (Å²) in [7, 11) is 0. The van der Waals surface area contributed by atoms with Gasteiger partial charge in [0.05, 0.1) is 0 Å². The highest BCUT2D eigenvalue weighted by atomic mass is 19.2. The van der Waals surface area contributed by atoms with Gasteiger partial charge in [0.25, 0.3) is 0 Å². The number of aliphatic carboxylic acids is 1. The minimum absolute atomic E-state index is 0.0382. The molecule has 0 saturated carbocycles. The van der Waals surface area contributed by atoms with Crippen molar-refractivity contribution < 1.29 is 23.5 Å². The van der Waals surface area contributed by atoms with Crippen LogP contribution in [-0.2, 0) is 16.1 Å². The number of hydrogen-bond donors (Lipinski definition) is 1. The molecule has 0 aliphatic heterocycles. The summed E-state index contributed by atoms with van der Waals surface area (Å²) >= 11 is 0. The summed E-state index contributed by atoms with van der Waals surface area (Å²) < 4.78 is 26.0. The second-order valence-electron chi connectivity index (χ2n) is 4.62. The third-order valence-corrected chi connectivity index (χ3v) is 3.23. The Morgan fingerprint density at radius 1 is 1.14 bits per heavy atom. The van der Waals surface area contributed by atoms with Gasteiger partial charge in [0.15, 0.2) is 11.6 Å². The molecule has 1 rings (SSSR count). The monoisotopic (exact) mass is 297 g/mol. The minimum Gasteiger partial charge on any atom is -0.478 e. The first-order chi connectivity index (χ1) is 9.77. The molecule has 0 atom stereocenters. The molecule has 0 fully saturated rings. The molecule has 21 heavy (non-hydrogen) atoms. The number of carboxylic acid groups (broad SMARTS) is 1. The summed E-state index contributed by atoms with van der Waals surface area (Å²) in [5, 5.41) is 8.89. The van der Waals surface area contributed by atoms with E-state index in [4.69, 9.17) is 5.11 Å². The first kappa shape index (κ1) is 16.8. The molecule has 1 amide bonds. The van der Waals surface area contributed by atoms with E-state index in [0.29, 0.717) is 12.1 Å². The second-order valence-corrected chi connectivity index (χ2v) is 4.62. The largest absolute Gasteiger partial charge is 0.478 e. The zero-order chi connectivity index (χ0) is 16.2. The Morgan fingerprint density at radius 2 is 1.76 bits per heavy atom. The van der Waals surface area contributed by atoms with Crippen LogP contribution in [0.1, 0.15) is 26.3 Å². The van der Waals surface area contributed by atoms with Crippen LogP contribution in [0.2, 0.25) is 0 Å². The van der Waals surface area contributed by atoms with Crippen molar-refractivity contribution in [2.45, 2.75) is 27.3 Å². The van der Waals surface area contributed by atoms with Gasteiger partial charge in [-0.1, -0.05) is 6.07 Å². The summed E-state index contributed by atoms with van der Waals surface area (Å²) in [6.45, 7) is 4.90. The van der Waals surface area contributed by atoms with Gasteiger partial charge < -0.3 is 10.0 Å². The molecule has 1 aromatic carbocycles. The van der Waals surface area contributed by atoms with Crippen molar-refractivity contribution in [2.24, 2.45) is 0 Å². The Bertz CT molecular complexity index is 597. The molecule has 0 aliphatic rings. The molecular weight excluding hydrogens is 280 g/mol. The van der Waals surface area contributed by atoms with Crippen molar-refractivity contribution in [3.63, 3.8) is 0 Å². The Kier molecular flexibility index (Phi) is 5.58. The zero-order valence-corrected chi connectivity index (χ0v) is 12.1. The molecule has 0 heterocycles. The van der Waals surface area contributed by atoms with Crippen LogP contribution in [0.25, 0.3) is 0 Å². The van der Waals surface area contributed by atoms with Gasteiger partial charge in [-0.25, -0.2) is 13.6 Å². The van der Waals surface area contributed by atoms with E-state index in [2.05, 4.69) is 0 Å². The number of halogens is 2. The fourth-order valence-electron chi connectivity index (χ4n) is 1.74. The molecule has 0 radical (unpaired) electrons. The number of amides is 1. The smallest absolute Gasteiger partial charge is 0.331 e. The number of carboxylic acids is 1. The molecule has 0 bridgehead atoms. The van der Waals surface area contributed by atoms with E-state index < -0.39 is 23.5 Å². The van der Waals surface area contributed by atoms with Crippen molar-refractivity contribution in [3.8, 4) is 0 Å². The fourth-order valence-corrected chi connectivity index (χ4v) is 1.74. The number of nitrogens with zero attached hydrogens (tertiary/aromatic N) is 1. The van der Waals surface area contributed by atoms with E-state index in [1.807, 2.05) is 0 Å². The average Bonchev–Trinajstić information content (AvgIpc) is 2.45. The third kappa shape index (κ3) is 4.11. The highest BCUT2D eigenvalue weighted by Gasteiger charge is 2.19. The van der Waals surface area contributed by atoms with Crippen molar-refractivity contribution in [1.82, 2.24) is 4.90 Å². The Hall–Kier alpha value is -2.24. The maximum Gasteiger partial charge on any atom is 0.331 e. The molecule has 4 nitrogen and oxygen atoms in total. The average molecular weight is 297 g/mol. The Morgan fingerprint density at radius 3 is 2.24 bits per heavy atom. The molecule has 114 valence electrons. The van der Waals surface area contributed by atoms with Gasteiger partial charge in [0, 0.05) is 24.2 Å². The maximum atomic E-state index is 13.2. The standard InChI is InChI=1S/C15H17F2NO3/c1-4-18(14(19)9(2)10(3)15(20)21)8-11-5-6-12(16)13(17)7-11/h5-7H,4,8H2,1-3H3,(H,20,21). The van der Waals surface area contributed by atoms with Crippen molar-refractivity contribution in [1.29, 1.82) is 0 Å². The number of hydrogen-bond acceptors (Lipinski definition) is 2. The lowest BCUT2D eigenvalue weighted by Crippen LogP contribution is -2.31. The van der Waals surface area contributed by atoms with Crippen molar-refractivity contribution in [2.75, 3.05) is 6.54 Å². The van der Waals surface area contributed by atoms with E-state index in [0.717, 1.165) is 12.1 Å². The normalized spacial score (nSPS) is 11.9. The first-order valence-corrected chi connectivity index (χ1v) is 6.41. The summed E-state index contributed by atoms with van der Waals surface area (Å²) in [6.07, 6.45) is 0. The summed E-state index contributed by atoms with van der Waals surface area (Å²) in [5.74, 6) is -3.54. The zero-order valence-electron chi connectivity index (χ0n) is 12.1. The van der Waals surface area contributed by atoms with Gasteiger partial charge in [0.1, 0.15) is 0 Å². The van der Waals surface area contributed by atoms with Crippen LogP contribution in [0, 0.1) is 11.6 Å². The molecule has 0 aliphatic carbocycles. The minimum atomic E-state index is -1.16. The summed E-state index contributed by atoms with van der Waals surface area (Å²) in [5.41, 5.74) is 0.514. The lowest BCUT2D eigenvalue weighted by molar-refractivity contribution is -0.134. The van der Waals surface area contributed by atoms with Crippen LogP contribution < -0.4 is 0 Å². The molecule has 1 aromatic rings. The van der Waals surface area contributed by atoms with E-state index in [9.17, 15) is 18.4 Å². The summed E-state index contributed by atoms with van der Waals surface area (Å²) in [4.78, 5) is 24.5. The highest BCUT2D eigenvalue weighted by Crippen LogP contribution is 2.14. The number of rotatable bonds is 5. The van der Waals surface area contributed by atoms with E-state index in [1.165, 1.54) is 24.8 Å². The van der Waals surface area contributed by atoms with Gasteiger partial charge in [-0.15, -0.1) is 0 Å². The van der Waals surface area contributed by atoms with Crippen LogP contribution >= 0.6 is 0 Å². The predicted molar refractivity (Wildman–Crippen MR) is 73.5 cm³/mol. The van der Waals surface area contributed by atoms with E-state index in [1.54, 1.807) is 6.92 Å². The highest BCUT2D eigenvalue weighted by molar-refractivity contribution is 6.01.